The molecule has 0 aromatic rings. The average molecular weight is 218 g/mol. The van der Waals surface area contributed by atoms with Gasteiger partial charge in [0.15, 0.2) is 0 Å². The third-order valence-electron chi connectivity index (χ3n) is 2.03. The van der Waals surface area contributed by atoms with E-state index in [0.717, 1.165) is 12.8 Å². The van der Waals surface area contributed by atoms with Crippen LogP contribution in [0.1, 0.15) is 58.8 Å². The molecule has 0 spiro atoms. The molecule has 1 unspecified atom stereocenters. The normalized spacial score (nSPS) is 11.3. The summed E-state index contributed by atoms with van der Waals surface area (Å²) in [6, 6.07) is 0. The number of aliphatic hydroxyl groups is 1. The molecular formula is C10H22ClMgO+. The molecule has 3 heteroatoms. The van der Waals surface area contributed by atoms with Crippen LogP contribution in [-0.2, 0) is 0 Å². The van der Waals surface area contributed by atoms with Crippen LogP contribution >= 0.6 is 0 Å². The molecule has 0 aliphatic heterocycles. The number of halogens is 1. The summed E-state index contributed by atoms with van der Waals surface area (Å²) in [7, 11) is 0. The van der Waals surface area contributed by atoms with Gasteiger partial charge in [0, 0.05) is 0 Å². The van der Waals surface area contributed by atoms with Crippen LogP contribution in [0.4, 0.5) is 0 Å². The SMILES string of the molecule is CCCCCC(O)CCCC.[Cl-].[Mg+2]. The summed E-state index contributed by atoms with van der Waals surface area (Å²) in [6.07, 6.45) is 8.07. The van der Waals surface area contributed by atoms with Crippen LogP contribution in [-0.4, -0.2) is 34.3 Å². The number of unbranched alkanes of at least 4 members (excludes halogenated alkanes) is 3. The van der Waals surface area contributed by atoms with Gasteiger partial charge >= 0.3 is 23.1 Å². The van der Waals surface area contributed by atoms with Crippen LogP contribution in [0, 0.1) is 0 Å². The van der Waals surface area contributed by atoms with Crippen LogP contribution in [0.3, 0.4) is 0 Å². The van der Waals surface area contributed by atoms with E-state index < -0.39 is 0 Å². The molecule has 0 radical (unpaired) electrons. The van der Waals surface area contributed by atoms with Gasteiger partial charge in [-0.15, -0.1) is 0 Å². The molecule has 0 aromatic carbocycles. The van der Waals surface area contributed by atoms with Gasteiger partial charge in [-0.1, -0.05) is 46.0 Å². The first-order chi connectivity index (χ1) is 5.31. The Morgan fingerprint density at radius 2 is 1.38 bits per heavy atom. The minimum atomic E-state index is -0.0264. The van der Waals surface area contributed by atoms with E-state index in [1.54, 1.807) is 0 Å². The Labute approximate surface area is 105 Å². The van der Waals surface area contributed by atoms with Crippen molar-refractivity contribution in [2.45, 2.75) is 64.9 Å². The van der Waals surface area contributed by atoms with Gasteiger partial charge in [-0.05, 0) is 12.8 Å². The second kappa shape index (κ2) is 15.5. The molecule has 1 N–H and O–H groups in total. The van der Waals surface area contributed by atoms with Crippen molar-refractivity contribution >= 4 is 23.1 Å². The summed E-state index contributed by atoms with van der Waals surface area (Å²) >= 11 is 0. The van der Waals surface area contributed by atoms with Gasteiger partial charge in [-0.25, -0.2) is 0 Å². The molecule has 0 aromatic heterocycles. The van der Waals surface area contributed by atoms with E-state index in [0.29, 0.717) is 0 Å². The number of aliphatic hydroxyl groups excluding tert-OH is 1. The van der Waals surface area contributed by atoms with Crippen molar-refractivity contribution in [1.82, 2.24) is 0 Å². The molecule has 0 bridgehead atoms. The zero-order valence-electron chi connectivity index (χ0n) is 9.06. The van der Waals surface area contributed by atoms with E-state index in [1.165, 1.54) is 32.1 Å². The van der Waals surface area contributed by atoms with Gasteiger partial charge in [-0.3, -0.25) is 0 Å². The van der Waals surface area contributed by atoms with Gasteiger partial charge in [-0.2, -0.15) is 0 Å². The molecule has 1 nitrogen and oxygen atoms in total. The minimum Gasteiger partial charge on any atom is -1.00 e. The van der Waals surface area contributed by atoms with Crippen molar-refractivity contribution in [1.29, 1.82) is 0 Å². The van der Waals surface area contributed by atoms with Gasteiger partial charge in [0.05, 0.1) is 6.10 Å². The number of rotatable bonds is 7. The summed E-state index contributed by atoms with van der Waals surface area (Å²) in [5.41, 5.74) is 0. The monoisotopic (exact) mass is 217 g/mol. The Hall–Kier alpha value is 1.02. The number of hydrogen-bond acceptors (Lipinski definition) is 1. The van der Waals surface area contributed by atoms with E-state index >= 15 is 0 Å². The first-order valence-electron chi connectivity index (χ1n) is 4.99. The second-order valence-corrected chi connectivity index (χ2v) is 3.29. The maximum Gasteiger partial charge on any atom is 2.00 e. The Morgan fingerprint density at radius 3 is 1.85 bits per heavy atom. The first kappa shape index (κ1) is 19.6. The molecule has 0 fully saturated rings. The van der Waals surface area contributed by atoms with Crippen LogP contribution in [0.15, 0.2) is 0 Å². The maximum atomic E-state index is 9.41. The zero-order valence-corrected chi connectivity index (χ0v) is 11.2. The van der Waals surface area contributed by atoms with Crippen LogP contribution in [0.2, 0.25) is 0 Å². The van der Waals surface area contributed by atoms with E-state index in [2.05, 4.69) is 13.8 Å². The molecule has 0 heterocycles. The zero-order chi connectivity index (χ0) is 8.53. The Bertz CT molecular complexity index is 81.3. The van der Waals surface area contributed by atoms with Crippen molar-refractivity contribution in [3.05, 3.63) is 0 Å². The Morgan fingerprint density at radius 1 is 0.923 bits per heavy atom. The van der Waals surface area contributed by atoms with Crippen LogP contribution in [0.25, 0.3) is 0 Å². The molecular weight excluding hydrogens is 196 g/mol. The second-order valence-electron chi connectivity index (χ2n) is 3.29. The molecule has 0 rings (SSSR count). The summed E-state index contributed by atoms with van der Waals surface area (Å²) in [5, 5.41) is 9.41. The standard InChI is InChI=1S/C10H22O.ClH.Mg/c1-3-5-7-9-10(11)8-6-4-2;;/h10-11H,3-9H2,1-2H3;1H;/q;;+2/p-1. The van der Waals surface area contributed by atoms with E-state index in [1.807, 2.05) is 0 Å². The van der Waals surface area contributed by atoms with Gasteiger partial charge in [0.1, 0.15) is 0 Å². The molecule has 76 valence electrons. The minimum absolute atomic E-state index is 0. The van der Waals surface area contributed by atoms with Crippen LogP contribution < -0.4 is 12.4 Å². The molecule has 0 saturated heterocycles. The van der Waals surface area contributed by atoms with E-state index in [4.69, 9.17) is 0 Å². The van der Waals surface area contributed by atoms with Crippen molar-refractivity contribution in [2.75, 3.05) is 0 Å². The fourth-order valence-electron chi connectivity index (χ4n) is 1.21. The fourth-order valence-corrected chi connectivity index (χ4v) is 1.21. The third kappa shape index (κ3) is 15.7. The van der Waals surface area contributed by atoms with Gasteiger partial charge in [0.25, 0.3) is 0 Å². The van der Waals surface area contributed by atoms with Crippen molar-refractivity contribution in [2.24, 2.45) is 0 Å². The predicted molar refractivity (Wildman–Crippen MR) is 55.4 cm³/mol. The quantitative estimate of drug-likeness (QED) is 0.461. The van der Waals surface area contributed by atoms with Crippen molar-refractivity contribution < 1.29 is 17.5 Å². The Balaban J connectivity index is -0.000000500. The molecule has 1 atom stereocenters. The molecule has 13 heavy (non-hydrogen) atoms. The summed E-state index contributed by atoms with van der Waals surface area (Å²) < 4.78 is 0. The Kier molecular flexibility index (Phi) is 23.3. The van der Waals surface area contributed by atoms with Crippen molar-refractivity contribution in [3.8, 4) is 0 Å². The van der Waals surface area contributed by atoms with Crippen molar-refractivity contribution in [3.63, 3.8) is 0 Å². The van der Waals surface area contributed by atoms with Gasteiger partial charge in [0.2, 0.25) is 0 Å². The maximum absolute atomic E-state index is 9.41. The fraction of sp³-hybridized carbons (Fsp3) is 1.00. The predicted octanol–water partition coefficient (Wildman–Crippen LogP) is -0.259. The summed E-state index contributed by atoms with van der Waals surface area (Å²) in [6.45, 7) is 4.36. The smallest absolute Gasteiger partial charge is 1.00 e. The number of hydrogen-bond donors (Lipinski definition) is 1. The summed E-state index contributed by atoms with van der Waals surface area (Å²) in [5.74, 6) is 0. The van der Waals surface area contributed by atoms with Gasteiger partial charge < -0.3 is 17.5 Å². The van der Waals surface area contributed by atoms with E-state index in [-0.39, 0.29) is 41.6 Å². The largest absolute Gasteiger partial charge is 2.00 e. The molecule has 0 saturated carbocycles. The molecule has 0 aliphatic rings. The topological polar surface area (TPSA) is 20.2 Å². The third-order valence-corrected chi connectivity index (χ3v) is 2.03. The average Bonchev–Trinajstić information content (AvgIpc) is 2.01. The molecule has 0 amide bonds. The first-order valence-corrected chi connectivity index (χ1v) is 4.99. The molecule has 0 aliphatic carbocycles. The summed E-state index contributed by atoms with van der Waals surface area (Å²) in [4.78, 5) is 0. The van der Waals surface area contributed by atoms with E-state index in [9.17, 15) is 5.11 Å². The van der Waals surface area contributed by atoms with Crippen LogP contribution in [0.5, 0.6) is 0 Å².